The van der Waals surface area contributed by atoms with Crippen LogP contribution in [0.5, 0.6) is 0 Å². The molecule has 82 valence electrons. The van der Waals surface area contributed by atoms with Crippen molar-refractivity contribution < 1.29 is 4.42 Å². The van der Waals surface area contributed by atoms with E-state index in [0.29, 0.717) is 5.89 Å². The molecular weight excluding hydrogens is 200 g/mol. The highest BCUT2D eigenvalue weighted by Crippen LogP contribution is 2.36. The number of nitrogens with zero attached hydrogens (tertiary/aromatic N) is 1. The summed E-state index contributed by atoms with van der Waals surface area (Å²) in [5.41, 5.74) is 9.47. The molecule has 2 N–H and O–H groups in total. The first-order valence-electron chi connectivity index (χ1n) is 5.57. The smallest absolute Gasteiger partial charge is 0.192 e. The first kappa shape index (κ1) is 9.60. The fourth-order valence-electron chi connectivity index (χ4n) is 2.30. The van der Waals surface area contributed by atoms with E-state index in [1.165, 1.54) is 5.56 Å². The Balaban J connectivity index is 2.27. The van der Waals surface area contributed by atoms with Crippen molar-refractivity contribution >= 4 is 0 Å². The minimum atomic E-state index is -0.0140. The van der Waals surface area contributed by atoms with Crippen LogP contribution >= 0.6 is 0 Å². The normalized spacial score (nSPS) is 18.8. The molecule has 0 saturated heterocycles. The summed E-state index contributed by atoms with van der Waals surface area (Å²) in [5.74, 6) is 1.55. The number of fused-ring (bicyclic) bond motifs is 3. The fraction of sp³-hybridized carbons (Fsp3) is 0.308. The number of benzene rings is 1. The van der Waals surface area contributed by atoms with Gasteiger partial charge in [0, 0.05) is 12.5 Å². The van der Waals surface area contributed by atoms with E-state index >= 15 is 0 Å². The molecule has 1 aromatic heterocycles. The van der Waals surface area contributed by atoms with Crippen molar-refractivity contribution in [1.82, 2.24) is 4.98 Å². The van der Waals surface area contributed by atoms with Crippen molar-refractivity contribution in [3.05, 3.63) is 41.4 Å². The lowest BCUT2D eigenvalue weighted by atomic mass is 10.0. The molecule has 2 aromatic rings. The van der Waals surface area contributed by atoms with Crippen LogP contribution in [0.15, 0.2) is 28.7 Å². The van der Waals surface area contributed by atoms with Crippen molar-refractivity contribution in [2.75, 3.05) is 0 Å². The van der Waals surface area contributed by atoms with Gasteiger partial charge in [0.15, 0.2) is 11.7 Å². The Kier molecular flexibility index (Phi) is 2.07. The van der Waals surface area contributed by atoms with Gasteiger partial charge in [-0.2, -0.15) is 0 Å². The molecule has 1 aliphatic rings. The van der Waals surface area contributed by atoms with E-state index in [9.17, 15) is 0 Å². The standard InChI is InChI=1S/C13H14N2O/c1-8-15-12-11(14)7-6-9-4-2-3-5-10(9)13(12)16-8/h2-5,11H,6-7,14H2,1H3/t11-/m0/s1. The second-order valence-electron chi connectivity index (χ2n) is 4.25. The van der Waals surface area contributed by atoms with Gasteiger partial charge >= 0.3 is 0 Å². The molecule has 0 bridgehead atoms. The fourth-order valence-corrected chi connectivity index (χ4v) is 2.30. The van der Waals surface area contributed by atoms with Gasteiger partial charge in [-0.1, -0.05) is 24.3 Å². The van der Waals surface area contributed by atoms with Crippen molar-refractivity contribution in [3.8, 4) is 11.3 Å². The number of aryl methyl sites for hydroxylation is 2. The maximum atomic E-state index is 6.12. The van der Waals surface area contributed by atoms with Crippen LogP contribution in [-0.2, 0) is 6.42 Å². The second kappa shape index (κ2) is 3.46. The third-order valence-electron chi connectivity index (χ3n) is 3.10. The largest absolute Gasteiger partial charge is 0.441 e. The zero-order valence-electron chi connectivity index (χ0n) is 9.23. The van der Waals surface area contributed by atoms with Gasteiger partial charge in [-0.05, 0) is 18.4 Å². The molecule has 3 heteroatoms. The number of hydrogen-bond acceptors (Lipinski definition) is 3. The van der Waals surface area contributed by atoms with Crippen LogP contribution in [0.25, 0.3) is 11.3 Å². The molecule has 1 aliphatic carbocycles. The molecule has 1 heterocycles. The lowest BCUT2D eigenvalue weighted by Crippen LogP contribution is -2.10. The number of aromatic nitrogens is 1. The van der Waals surface area contributed by atoms with Crippen LogP contribution in [-0.4, -0.2) is 4.98 Å². The van der Waals surface area contributed by atoms with E-state index in [1.54, 1.807) is 0 Å². The third-order valence-corrected chi connectivity index (χ3v) is 3.10. The highest BCUT2D eigenvalue weighted by atomic mass is 16.4. The lowest BCUT2D eigenvalue weighted by Gasteiger charge is -2.04. The predicted octanol–water partition coefficient (Wildman–Crippen LogP) is 2.60. The zero-order chi connectivity index (χ0) is 11.1. The molecule has 0 fully saturated rings. The van der Waals surface area contributed by atoms with Gasteiger partial charge in [-0.3, -0.25) is 0 Å². The summed E-state index contributed by atoms with van der Waals surface area (Å²) in [6.07, 6.45) is 1.91. The van der Waals surface area contributed by atoms with Gasteiger partial charge in [0.2, 0.25) is 0 Å². The summed E-state index contributed by atoms with van der Waals surface area (Å²) in [7, 11) is 0. The summed E-state index contributed by atoms with van der Waals surface area (Å²) in [5, 5.41) is 0. The Morgan fingerprint density at radius 1 is 1.38 bits per heavy atom. The van der Waals surface area contributed by atoms with Crippen molar-refractivity contribution in [3.63, 3.8) is 0 Å². The molecule has 0 saturated carbocycles. The van der Waals surface area contributed by atoms with Gasteiger partial charge in [-0.15, -0.1) is 0 Å². The number of rotatable bonds is 0. The molecule has 0 spiro atoms. The van der Waals surface area contributed by atoms with Gasteiger partial charge in [0.25, 0.3) is 0 Å². The lowest BCUT2D eigenvalue weighted by molar-refractivity contribution is 0.533. The molecule has 3 nitrogen and oxygen atoms in total. The number of hydrogen-bond donors (Lipinski definition) is 1. The van der Waals surface area contributed by atoms with E-state index in [0.717, 1.165) is 29.9 Å². The highest BCUT2D eigenvalue weighted by molar-refractivity contribution is 5.66. The minimum absolute atomic E-state index is 0.0140. The second-order valence-corrected chi connectivity index (χ2v) is 4.25. The van der Waals surface area contributed by atoms with Crippen LogP contribution in [0.3, 0.4) is 0 Å². The molecule has 0 unspecified atom stereocenters. The molecule has 0 aliphatic heterocycles. The van der Waals surface area contributed by atoms with E-state index < -0.39 is 0 Å². The first-order chi connectivity index (χ1) is 7.75. The van der Waals surface area contributed by atoms with Gasteiger partial charge < -0.3 is 10.2 Å². The summed E-state index contributed by atoms with van der Waals surface area (Å²) >= 11 is 0. The highest BCUT2D eigenvalue weighted by Gasteiger charge is 2.24. The average Bonchev–Trinajstić information content (AvgIpc) is 2.63. The van der Waals surface area contributed by atoms with Crippen molar-refractivity contribution in [1.29, 1.82) is 0 Å². The summed E-state index contributed by atoms with van der Waals surface area (Å²) in [6.45, 7) is 1.87. The molecule has 0 radical (unpaired) electrons. The van der Waals surface area contributed by atoms with E-state index in [-0.39, 0.29) is 6.04 Å². The average molecular weight is 214 g/mol. The van der Waals surface area contributed by atoms with Crippen LogP contribution in [0.2, 0.25) is 0 Å². The Hall–Kier alpha value is -1.61. The third kappa shape index (κ3) is 1.36. The van der Waals surface area contributed by atoms with Crippen LogP contribution in [0.1, 0.15) is 29.6 Å². The Labute approximate surface area is 94.3 Å². The number of nitrogens with two attached hydrogens (primary N) is 1. The summed E-state index contributed by atoms with van der Waals surface area (Å²) in [4.78, 5) is 4.40. The van der Waals surface area contributed by atoms with Gasteiger partial charge in [-0.25, -0.2) is 4.98 Å². The van der Waals surface area contributed by atoms with E-state index in [4.69, 9.17) is 10.2 Å². The maximum Gasteiger partial charge on any atom is 0.192 e. The Morgan fingerprint density at radius 3 is 3.06 bits per heavy atom. The van der Waals surface area contributed by atoms with E-state index in [1.807, 2.05) is 13.0 Å². The minimum Gasteiger partial charge on any atom is -0.441 e. The molecule has 0 amide bonds. The van der Waals surface area contributed by atoms with Crippen LogP contribution in [0.4, 0.5) is 0 Å². The quantitative estimate of drug-likeness (QED) is 0.733. The topological polar surface area (TPSA) is 52.0 Å². The van der Waals surface area contributed by atoms with Crippen LogP contribution < -0.4 is 5.73 Å². The van der Waals surface area contributed by atoms with Crippen LogP contribution in [0, 0.1) is 6.92 Å². The molecule has 1 atom stereocenters. The monoisotopic (exact) mass is 214 g/mol. The first-order valence-corrected chi connectivity index (χ1v) is 5.57. The summed E-state index contributed by atoms with van der Waals surface area (Å²) < 4.78 is 5.69. The zero-order valence-corrected chi connectivity index (χ0v) is 9.23. The Bertz CT molecular complexity index is 530. The SMILES string of the molecule is Cc1nc2c(o1)-c1ccccc1CC[C@@H]2N. The summed E-state index contributed by atoms with van der Waals surface area (Å²) in [6, 6.07) is 8.28. The van der Waals surface area contributed by atoms with E-state index in [2.05, 4.69) is 23.2 Å². The Morgan fingerprint density at radius 2 is 2.19 bits per heavy atom. The van der Waals surface area contributed by atoms with Crippen molar-refractivity contribution in [2.45, 2.75) is 25.8 Å². The maximum absolute atomic E-state index is 6.12. The molecular formula is C13H14N2O. The number of oxazole rings is 1. The molecule has 16 heavy (non-hydrogen) atoms. The predicted molar refractivity (Wildman–Crippen MR) is 61.9 cm³/mol. The molecule has 1 aromatic carbocycles. The van der Waals surface area contributed by atoms with Gasteiger partial charge in [0.05, 0.1) is 6.04 Å². The molecule has 3 rings (SSSR count). The van der Waals surface area contributed by atoms with Crippen molar-refractivity contribution in [2.24, 2.45) is 5.73 Å². The van der Waals surface area contributed by atoms with Gasteiger partial charge in [0.1, 0.15) is 5.69 Å².